The minimum absolute atomic E-state index is 0.565. The number of hydrogen-bond acceptors (Lipinski definition) is 3. The smallest absolute Gasteiger partial charge is 0.221 e. The predicted octanol–water partition coefficient (Wildman–Crippen LogP) is 1.71. The van der Waals surface area contributed by atoms with Crippen LogP contribution in [0.5, 0.6) is 0 Å². The molecule has 0 saturated heterocycles. The third kappa shape index (κ3) is 1.42. The van der Waals surface area contributed by atoms with Gasteiger partial charge in [-0.2, -0.15) is 0 Å². The maximum Gasteiger partial charge on any atom is 0.221 e. The molecule has 15 heavy (non-hydrogen) atoms. The first kappa shape index (κ1) is 8.60. The van der Waals surface area contributed by atoms with E-state index in [1.54, 1.807) is 0 Å². The van der Waals surface area contributed by atoms with Crippen molar-refractivity contribution in [2.75, 3.05) is 0 Å². The van der Waals surface area contributed by atoms with Gasteiger partial charge in [0.25, 0.3) is 0 Å². The molecule has 2 heterocycles. The van der Waals surface area contributed by atoms with Gasteiger partial charge in [0.1, 0.15) is 0 Å². The van der Waals surface area contributed by atoms with E-state index in [9.17, 15) is 0 Å². The molecule has 0 amide bonds. The Bertz CT molecular complexity index is 583. The number of halogens is 1. The standard InChI is InChI=1S/C9H5BrN5/c10-6-2-1-3-7(4-6)15-13-8-9(14-15)12-5-11-8/h1-4H,(H,11,12,13,14). The van der Waals surface area contributed by atoms with Crippen molar-refractivity contribution in [3.05, 3.63) is 35.1 Å². The molecule has 1 aromatic carbocycles. The highest BCUT2D eigenvalue weighted by atomic mass is 79.9. The third-order valence-electron chi connectivity index (χ3n) is 1.97. The van der Waals surface area contributed by atoms with E-state index in [2.05, 4.69) is 42.4 Å². The second kappa shape index (κ2) is 3.16. The van der Waals surface area contributed by atoms with E-state index in [4.69, 9.17) is 0 Å². The number of nitrogens with one attached hydrogen (secondary N) is 1. The van der Waals surface area contributed by atoms with Crippen LogP contribution in [-0.2, 0) is 0 Å². The van der Waals surface area contributed by atoms with Crippen LogP contribution in [0.15, 0.2) is 28.7 Å². The third-order valence-corrected chi connectivity index (χ3v) is 2.46. The van der Waals surface area contributed by atoms with Gasteiger partial charge in [-0.3, -0.25) is 0 Å². The van der Waals surface area contributed by atoms with Crippen molar-refractivity contribution in [3.63, 3.8) is 0 Å². The molecule has 0 spiro atoms. The summed E-state index contributed by atoms with van der Waals surface area (Å²) in [6, 6.07) is 7.73. The molecule has 1 N–H and O–H groups in total. The second-order valence-corrected chi connectivity index (χ2v) is 3.91. The molecule has 2 aromatic heterocycles. The van der Waals surface area contributed by atoms with Gasteiger partial charge in [-0.05, 0) is 18.2 Å². The topological polar surface area (TPSA) is 59.4 Å². The van der Waals surface area contributed by atoms with E-state index in [0.717, 1.165) is 10.2 Å². The number of imidazole rings is 1. The quantitative estimate of drug-likeness (QED) is 0.727. The molecule has 3 aromatic rings. The summed E-state index contributed by atoms with van der Waals surface area (Å²) in [5, 5.41) is 8.41. The SMILES string of the molecule is Brc1cccc(-n2nc3n[c][nH]c3n2)c1. The molecule has 3 rings (SSSR count). The lowest BCUT2D eigenvalue weighted by Crippen LogP contribution is -1.98. The monoisotopic (exact) mass is 262 g/mol. The summed E-state index contributed by atoms with van der Waals surface area (Å²) < 4.78 is 0.987. The summed E-state index contributed by atoms with van der Waals surface area (Å²) in [5.74, 6) is 0. The van der Waals surface area contributed by atoms with Crippen molar-refractivity contribution in [2.24, 2.45) is 0 Å². The average Bonchev–Trinajstić information content (AvgIpc) is 2.76. The van der Waals surface area contributed by atoms with Crippen molar-refractivity contribution in [3.8, 4) is 5.69 Å². The summed E-state index contributed by atoms with van der Waals surface area (Å²) in [4.78, 5) is 8.22. The van der Waals surface area contributed by atoms with Crippen LogP contribution in [0.2, 0.25) is 0 Å². The van der Waals surface area contributed by atoms with Gasteiger partial charge in [0.2, 0.25) is 11.3 Å². The van der Waals surface area contributed by atoms with E-state index in [1.807, 2.05) is 24.3 Å². The Morgan fingerprint density at radius 3 is 3.07 bits per heavy atom. The van der Waals surface area contributed by atoms with Crippen LogP contribution >= 0.6 is 15.9 Å². The van der Waals surface area contributed by atoms with Crippen molar-refractivity contribution in [1.82, 2.24) is 25.0 Å². The van der Waals surface area contributed by atoms with Crippen LogP contribution in [0.3, 0.4) is 0 Å². The highest BCUT2D eigenvalue weighted by Gasteiger charge is 2.06. The number of H-pyrrole nitrogens is 1. The molecule has 0 aliphatic heterocycles. The number of rotatable bonds is 1. The Balaban J connectivity index is 2.17. The van der Waals surface area contributed by atoms with E-state index < -0.39 is 0 Å². The Morgan fingerprint density at radius 2 is 2.27 bits per heavy atom. The van der Waals surface area contributed by atoms with E-state index in [0.29, 0.717) is 11.3 Å². The highest BCUT2D eigenvalue weighted by molar-refractivity contribution is 9.10. The van der Waals surface area contributed by atoms with Gasteiger partial charge in [0, 0.05) is 4.47 Å². The average molecular weight is 263 g/mol. The van der Waals surface area contributed by atoms with Gasteiger partial charge in [-0.1, -0.05) is 22.0 Å². The Labute approximate surface area is 93.3 Å². The summed E-state index contributed by atoms with van der Waals surface area (Å²) in [6.07, 6.45) is 2.59. The summed E-state index contributed by atoms with van der Waals surface area (Å²) >= 11 is 3.40. The number of fused-ring (bicyclic) bond motifs is 1. The summed E-state index contributed by atoms with van der Waals surface area (Å²) in [7, 11) is 0. The normalized spacial score (nSPS) is 11.0. The fraction of sp³-hybridized carbons (Fsp3) is 0. The van der Waals surface area contributed by atoms with Gasteiger partial charge >= 0.3 is 0 Å². The number of hydrogen-bond donors (Lipinski definition) is 1. The number of nitrogens with zero attached hydrogens (tertiary/aromatic N) is 4. The Kier molecular flexibility index (Phi) is 1.81. The number of benzene rings is 1. The lowest BCUT2D eigenvalue weighted by molar-refractivity contribution is 0.757. The molecule has 0 saturated carbocycles. The maximum atomic E-state index is 4.22. The van der Waals surface area contributed by atoms with Crippen molar-refractivity contribution < 1.29 is 0 Å². The minimum atomic E-state index is 0.565. The van der Waals surface area contributed by atoms with Crippen molar-refractivity contribution in [2.45, 2.75) is 0 Å². The van der Waals surface area contributed by atoms with Crippen LogP contribution in [0.25, 0.3) is 17.0 Å². The molecule has 0 fully saturated rings. The molecule has 73 valence electrons. The number of aromatic nitrogens is 5. The van der Waals surface area contributed by atoms with Gasteiger partial charge in [0.05, 0.1) is 5.69 Å². The van der Waals surface area contributed by atoms with Crippen LogP contribution in [0.4, 0.5) is 0 Å². The van der Waals surface area contributed by atoms with Crippen LogP contribution in [-0.4, -0.2) is 25.0 Å². The molecule has 0 aliphatic rings. The zero-order valence-electron chi connectivity index (χ0n) is 7.48. The molecular weight excluding hydrogens is 258 g/mol. The predicted molar refractivity (Wildman–Crippen MR) is 57.5 cm³/mol. The molecule has 6 heteroatoms. The van der Waals surface area contributed by atoms with Crippen LogP contribution < -0.4 is 0 Å². The van der Waals surface area contributed by atoms with Gasteiger partial charge in [0.15, 0.2) is 6.33 Å². The largest absolute Gasteiger partial charge is 0.317 e. The van der Waals surface area contributed by atoms with E-state index in [1.165, 1.54) is 4.80 Å². The van der Waals surface area contributed by atoms with Crippen molar-refractivity contribution >= 4 is 27.2 Å². The molecular formula is C9H5BrN5. The van der Waals surface area contributed by atoms with Gasteiger partial charge in [-0.25, -0.2) is 4.98 Å². The first-order chi connectivity index (χ1) is 7.33. The number of aromatic amines is 1. The maximum absolute atomic E-state index is 4.22. The molecule has 0 atom stereocenters. The van der Waals surface area contributed by atoms with Crippen LogP contribution in [0.1, 0.15) is 0 Å². The first-order valence-corrected chi connectivity index (χ1v) is 5.07. The Morgan fingerprint density at radius 1 is 1.33 bits per heavy atom. The fourth-order valence-corrected chi connectivity index (χ4v) is 1.69. The summed E-state index contributed by atoms with van der Waals surface area (Å²) in [5.41, 5.74) is 2.08. The van der Waals surface area contributed by atoms with Gasteiger partial charge < -0.3 is 4.98 Å². The van der Waals surface area contributed by atoms with Crippen LogP contribution in [0, 0.1) is 6.33 Å². The first-order valence-electron chi connectivity index (χ1n) is 4.28. The van der Waals surface area contributed by atoms with Gasteiger partial charge in [-0.15, -0.1) is 15.0 Å². The van der Waals surface area contributed by atoms with E-state index in [-0.39, 0.29) is 0 Å². The second-order valence-electron chi connectivity index (χ2n) is 2.99. The molecule has 5 nitrogen and oxygen atoms in total. The lowest BCUT2D eigenvalue weighted by atomic mass is 10.3. The van der Waals surface area contributed by atoms with Crippen molar-refractivity contribution in [1.29, 1.82) is 0 Å². The fourth-order valence-electron chi connectivity index (χ4n) is 1.30. The Hall–Kier alpha value is -1.69. The lowest BCUT2D eigenvalue weighted by Gasteiger charge is -1.98. The molecule has 0 unspecified atom stereocenters. The minimum Gasteiger partial charge on any atom is -0.317 e. The zero-order chi connectivity index (χ0) is 10.3. The highest BCUT2D eigenvalue weighted by Crippen LogP contribution is 2.14. The summed E-state index contributed by atoms with van der Waals surface area (Å²) in [6.45, 7) is 0. The molecule has 1 radical (unpaired) electrons. The van der Waals surface area contributed by atoms with E-state index >= 15 is 0 Å². The zero-order valence-corrected chi connectivity index (χ0v) is 9.06. The molecule has 0 bridgehead atoms. The molecule has 0 aliphatic carbocycles.